The molecule has 0 unspecified atom stereocenters. The van der Waals surface area contributed by atoms with Crippen molar-refractivity contribution >= 4 is 12.1 Å². The van der Waals surface area contributed by atoms with Gasteiger partial charge >= 0.3 is 12.1 Å². The second kappa shape index (κ2) is 4.32. The Morgan fingerprint density at radius 1 is 1.36 bits per heavy atom. The van der Waals surface area contributed by atoms with Gasteiger partial charge in [-0.15, -0.1) is 0 Å². The normalized spacial score (nSPS) is 8.18. The molecule has 0 aromatic carbocycles. The number of carbonyl (C=O) groups is 2. The van der Waals surface area contributed by atoms with Crippen LogP contribution in [0.3, 0.4) is 0 Å². The zero-order chi connectivity index (χ0) is 8.85. The zero-order valence-corrected chi connectivity index (χ0v) is 6.34. The number of hydrogen-bond acceptors (Lipinski definition) is 4. The summed E-state index contributed by atoms with van der Waals surface area (Å²) in [5, 5.41) is 2.09. The second-order valence-corrected chi connectivity index (χ2v) is 1.77. The van der Waals surface area contributed by atoms with Crippen LogP contribution in [0, 0.1) is 0 Å². The van der Waals surface area contributed by atoms with Crippen LogP contribution in [-0.2, 0) is 14.6 Å². The third kappa shape index (κ3) is 3.96. The highest BCUT2D eigenvalue weighted by Gasteiger charge is 2.07. The van der Waals surface area contributed by atoms with Crippen molar-refractivity contribution in [2.75, 3.05) is 7.05 Å². The first kappa shape index (κ1) is 9.48. The molecule has 5 heteroatoms. The first-order valence-corrected chi connectivity index (χ1v) is 2.84. The molecule has 0 aliphatic carbocycles. The van der Waals surface area contributed by atoms with Crippen LogP contribution in [-0.4, -0.2) is 19.1 Å². The fraction of sp³-hybridized carbons (Fsp3) is 0.333. The van der Waals surface area contributed by atoms with E-state index in [1.54, 1.807) is 0 Å². The van der Waals surface area contributed by atoms with E-state index < -0.39 is 12.1 Å². The van der Waals surface area contributed by atoms with Crippen LogP contribution < -0.4 is 5.32 Å². The van der Waals surface area contributed by atoms with E-state index in [9.17, 15) is 9.59 Å². The summed E-state index contributed by atoms with van der Waals surface area (Å²) in [6.45, 7) is 4.71. The van der Waals surface area contributed by atoms with Crippen LogP contribution in [0.15, 0.2) is 12.2 Å². The van der Waals surface area contributed by atoms with Crippen molar-refractivity contribution in [2.24, 2.45) is 0 Å². The maximum Gasteiger partial charge on any atom is 0.450 e. The molecule has 0 saturated carbocycles. The zero-order valence-electron chi connectivity index (χ0n) is 6.34. The van der Waals surface area contributed by atoms with E-state index in [1.165, 1.54) is 14.0 Å². The van der Waals surface area contributed by atoms with Crippen LogP contribution in [0.4, 0.5) is 4.79 Å². The maximum atomic E-state index is 10.5. The summed E-state index contributed by atoms with van der Waals surface area (Å²) < 4.78 is 0. The molecule has 5 nitrogen and oxygen atoms in total. The molecular formula is C6H9NO4. The van der Waals surface area contributed by atoms with Gasteiger partial charge in [0.1, 0.15) is 0 Å². The quantitative estimate of drug-likeness (QED) is 0.341. The Morgan fingerprint density at radius 3 is 2.27 bits per heavy atom. The van der Waals surface area contributed by atoms with E-state index in [4.69, 9.17) is 0 Å². The lowest BCUT2D eigenvalue weighted by Gasteiger charge is -2.00. The first-order valence-electron chi connectivity index (χ1n) is 2.84. The predicted molar refractivity (Wildman–Crippen MR) is 36.4 cm³/mol. The van der Waals surface area contributed by atoms with Gasteiger partial charge in [0.05, 0.1) is 0 Å². The van der Waals surface area contributed by atoms with Crippen LogP contribution in [0.1, 0.15) is 6.92 Å². The van der Waals surface area contributed by atoms with Gasteiger partial charge in [-0.3, -0.25) is 0 Å². The van der Waals surface area contributed by atoms with Crippen molar-refractivity contribution in [3.63, 3.8) is 0 Å². The van der Waals surface area contributed by atoms with Crippen molar-refractivity contribution in [3.05, 3.63) is 12.2 Å². The van der Waals surface area contributed by atoms with E-state index in [0.29, 0.717) is 0 Å². The van der Waals surface area contributed by atoms with Gasteiger partial charge in [-0.25, -0.2) is 19.4 Å². The molecule has 0 aromatic heterocycles. The third-order valence-electron chi connectivity index (χ3n) is 0.746. The minimum Gasteiger partial charge on any atom is -0.321 e. The fourth-order valence-electron chi connectivity index (χ4n) is 0.188. The molecule has 0 atom stereocenters. The van der Waals surface area contributed by atoms with Crippen LogP contribution in [0.25, 0.3) is 0 Å². The highest BCUT2D eigenvalue weighted by molar-refractivity contribution is 5.87. The van der Waals surface area contributed by atoms with E-state index in [0.717, 1.165) is 0 Å². The number of carbonyl (C=O) groups excluding carboxylic acids is 2. The summed E-state index contributed by atoms with van der Waals surface area (Å²) >= 11 is 0. The van der Waals surface area contributed by atoms with Gasteiger partial charge in [0, 0.05) is 12.6 Å². The topological polar surface area (TPSA) is 64.6 Å². The molecule has 0 aliphatic heterocycles. The second-order valence-electron chi connectivity index (χ2n) is 1.77. The SMILES string of the molecule is C=C(C)C(=O)OOC(=O)NC. The molecule has 0 saturated heterocycles. The van der Waals surface area contributed by atoms with Crippen LogP contribution in [0.2, 0.25) is 0 Å². The van der Waals surface area contributed by atoms with Gasteiger partial charge < -0.3 is 5.32 Å². The summed E-state index contributed by atoms with van der Waals surface area (Å²) in [6, 6.07) is 0. The Hall–Kier alpha value is -1.52. The summed E-state index contributed by atoms with van der Waals surface area (Å²) in [4.78, 5) is 28.8. The fourth-order valence-corrected chi connectivity index (χ4v) is 0.188. The van der Waals surface area contributed by atoms with E-state index >= 15 is 0 Å². The largest absolute Gasteiger partial charge is 0.450 e. The van der Waals surface area contributed by atoms with Gasteiger partial charge in [0.15, 0.2) is 0 Å². The molecule has 62 valence electrons. The average Bonchev–Trinajstić information content (AvgIpc) is 1.99. The standard InChI is InChI=1S/C6H9NO4/c1-4(2)5(8)10-11-6(9)7-3/h1H2,2-3H3,(H,7,9). The Labute approximate surface area is 63.9 Å². The Kier molecular flexibility index (Phi) is 3.72. The lowest BCUT2D eigenvalue weighted by Crippen LogP contribution is -2.21. The Bertz CT molecular complexity index is 187. The molecule has 0 fully saturated rings. The van der Waals surface area contributed by atoms with Gasteiger partial charge in [-0.05, 0) is 6.92 Å². The number of hydrogen-bond donors (Lipinski definition) is 1. The molecule has 1 N–H and O–H groups in total. The number of nitrogens with one attached hydrogen (secondary N) is 1. The third-order valence-corrected chi connectivity index (χ3v) is 0.746. The Morgan fingerprint density at radius 2 is 1.91 bits per heavy atom. The van der Waals surface area contributed by atoms with Crippen molar-refractivity contribution in [1.82, 2.24) is 5.32 Å². The maximum absolute atomic E-state index is 10.5. The summed E-state index contributed by atoms with van der Waals surface area (Å²) in [5.74, 6) is -0.770. The van der Waals surface area contributed by atoms with Gasteiger partial charge in [0.2, 0.25) is 0 Å². The molecule has 1 amide bonds. The van der Waals surface area contributed by atoms with Gasteiger partial charge in [0.25, 0.3) is 0 Å². The smallest absolute Gasteiger partial charge is 0.321 e. The first-order chi connectivity index (χ1) is 5.07. The lowest BCUT2D eigenvalue weighted by atomic mass is 10.4. The summed E-state index contributed by atoms with van der Waals surface area (Å²) in [7, 11) is 1.34. The molecule has 0 heterocycles. The molecule has 0 rings (SSSR count). The van der Waals surface area contributed by atoms with Gasteiger partial charge in [-0.1, -0.05) is 6.58 Å². The molecule has 0 radical (unpaired) electrons. The van der Waals surface area contributed by atoms with E-state index in [1.807, 2.05) is 0 Å². The minimum absolute atomic E-state index is 0.161. The molecule has 0 aromatic rings. The van der Waals surface area contributed by atoms with E-state index in [-0.39, 0.29) is 5.57 Å². The highest BCUT2D eigenvalue weighted by Crippen LogP contribution is 1.92. The summed E-state index contributed by atoms with van der Waals surface area (Å²) in [5.41, 5.74) is 0.161. The van der Waals surface area contributed by atoms with Gasteiger partial charge in [-0.2, -0.15) is 0 Å². The molecule has 0 bridgehead atoms. The van der Waals surface area contributed by atoms with Crippen molar-refractivity contribution in [2.45, 2.75) is 6.92 Å². The van der Waals surface area contributed by atoms with E-state index in [2.05, 4.69) is 21.7 Å². The van der Waals surface area contributed by atoms with Crippen molar-refractivity contribution in [3.8, 4) is 0 Å². The van der Waals surface area contributed by atoms with Crippen LogP contribution >= 0.6 is 0 Å². The lowest BCUT2D eigenvalue weighted by molar-refractivity contribution is -0.227. The highest BCUT2D eigenvalue weighted by atomic mass is 17.2. The molecule has 0 spiro atoms. The predicted octanol–water partition coefficient (Wildman–Crippen LogP) is 0.377. The minimum atomic E-state index is -0.834. The molecule has 0 aliphatic rings. The van der Waals surface area contributed by atoms with Crippen molar-refractivity contribution < 1.29 is 19.4 Å². The molecule has 11 heavy (non-hydrogen) atoms. The number of rotatable bonds is 1. The monoisotopic (exact) mass is 159 g/mol. The summed E-state index contributed by atoms with van der Waals surface area (Å²) in [6.07, 6.45) is -0.834. The van der Waals surface area contributed by atoms with Crippen LogP contribution in [0.5, 0.6) is 0 Å². The molecular weight excluding hydrogens is 150 g/mol. The average molecular weight is 159 g/mol. The number of amides is 1. The van der Waals surface area contributed by atoms with Crippen molar-refractivity contribution in [1.29, 1.82) is 0 Å². The Balaban J connectivity index is 3.63.